The Hall–Kier alpha value is -3.69. The summed E-state index contributed by atoms with van der Waals surface area (Å²) in [5, 5.41) is 0. The van der Waals surface area contributed by atoms with Crippen molar-refractivity contribution in [3.8, 4) is 11.5 Å². The third-order valence-corrected chi connectivity index (χ3v) is 10.2. The van der Waals surface area contributed by atoms with Crippen molar-refractivity contribution in [2.24, 2.45) is 0 Å². The van der Waals surface area contributed by atoms with Gasteiger partial charge in [-0.3, -0.25) is 0 Å². The van der Waals surface area contributed by atoms with Gasteiger partial charge in [-0.15, -0.1) is 0 Å². The van der Waals surface area contributed by atoms with Crippen molar-refractivity contribution in [2.75, 3.05) is 26.3 Å². The van der Waals surface area contributed by atoms with Gasteiger partial charge >= 0.3 is 212 Å². The Kier molecular flexibility index (Phi) is 4.14. The van der Waals surface area contributed by atoms with Gasteiger partial charge in [0.2, 0.25) is 0 Å². The molecular weight excluding hydrogens is 615 g/mol. The zero-order valence-corrected chi connectivity index (χ0v) is 21.0. The van der Waals surface area contributed by atoms with Gasteiger partial charge in [-0.05, 0) is 0 Å². The number of nitrogens with zero attached hydrogens (tertiary/aromatic N) is 4. The van der Waals surface area contributed by atoms with E-state index >= 15 is 0 Å². The van der Waals surface area contributed by atoms with Gasteiger partial charge in [0, 0.05) is 0 Å². The predicted molar refractivity (Wildman–Crippen MR) is 136 cm³/mol. The van der Waals surface area contributed by atoms with Gasteiger partial charge in [0.05, 0.1) is 0 Å². The van der Waals surface area contributed by atoms with E-state index in [9.17, 15) is 0 Å². The monoisotopic (exact) mass is 635 g/mol. The second kappa shape index (κ2) is 7.40. The van der Waals surface area contributed by atoms with Crippen LogP contribution in [0.1, 0.15) is 11.1 Å². The van der Waals surface area contributed by atoms with Crippen LogP contribution in [-0.4, -0.2) is 15.0 Å². The van der Waals surface area contributed by atoms with Crippen LogP contribution in [0.2, 0.25) is 0 Å². The molecule has 5 nitrogen and oxygen atoms in total. The van der Waals surface area contributed by atoms with Crippen molar-refractivity contribution in [3.05, 3.63) is 108 Å². The van der Waals surface area contributed by atoms with E-state index in [-0.39, 0.29) is 0 Å². The van der Waals surface area contributed by atoms with Crippen LogP contribution in [0.4, 0.5) is 22.7 Å². The fourth-order valence-corrected chi connectivity index (χ4v) is 8.63. The van der Waals surface area contributed by atoms with Crippen molar-refractivity contribution in [1.82, 2.24) is 0 Å². The van der Waals surface area contributed by atoms with Gasteiger partial charge in [-0.2, -0.15) is 0 Å². The number of ether oxygens (including phenoxy) is 1. The van der Waals surface area contributed by atoms with Gasteiger partial charge in [0.1, 0.15) is 0 Å². The van der Waals surface area contributed by atoms with E-state index < -0.39 is 17.6 Å². The molecule has 0 aliphatic carbocycles. The van der Waals surface area contributed by atoms with Crippen molar-refractivity contribution in [2.45, 2.75) is 13.1 Å². The van der Waals surface area contributed by atoms with E-state index in [1.54, 1.807) is 0 Å². The Labute approximate surface area is 211 Å². The third kappa shape index (κ3) is 2.98. The van der Waals surface area contributed by atoms with Crippen LogP contribution in [0.5, 0.6) is 11.5 Å². The molecule has 0 saturated carbocycles. The van der Waals surface area contributed by atoms with Gasteiger partial charge in [-0.25, -0.2) is 0 Å². The maximum absolute atomic E-state index is 6.22. The summed E-state index contributed by atoms with van der Waals surface area (Å²) in [6.07, 6.45) is 0. The molecule has 6 heteroatoms. The fraction of sp³-hybridized carbons (Fsp3) is 0.103. The van der Waals surface area contributed by atoms with Crippen LogP contribution in [0, 0.1) is 12.1 Å². The zero-order valence-electron chi connectivity index (χ0n) is 18.7. The molecule has 4 aromatic carbocycles. The minimum atomic E-state index is -0.475. The first-order chi connectivity index (χ1) is 17.3. The molecule has 35 heavy (non-hydrogen) atoms. The normalized spacial score (nSPS) is 17.4. The summed E-state index contributed by atoms with van der Waals surface area (Å²) in [5.74, 6) is 1.45. The molecular formula is C29H20N4OPt-2. The molecule has 0 N–H and O–H groups in total. The minimum absolute atomic E-state index is 0.475. The molecule has 0 saturated heterocycles. The van der Waals surface area contributed by atoms with E-state index in [4.69, 9.17) is 4.74 Å². The Morgan fingerprint density at radius 1 is 0.543 bits per heavy atom. The van der Waals surface area contributed by atoms with Gasteiger partial charge in [-0.1, -0.05) is 0 Å². The van der Waals surface area contributed by atoms with E-state index in [1.807, 2.05) is 12.1 Å². The first kappa shape index (κ1) is 19.6. The summed E-state index contributed by atoms with van der Waals surface area (Å²) in [7, 11) is 0. The quantitative estimate of drug-likeness (QED) is 0.254. The van der Waals surface area contributed by atoms with Gasteiger partial charge in [0.25, 0.3) is 0 Å². The number of benzene rings is 4. The summed E-state index contributed by atoms with van der Waals surface area (Å²) in [5.41, 5.74) is 7.35. The van der Waals surface area contributed by atoms with E-state index in [2.05, 4.69) is 105 Å². The summed E-state index contributed by atoms with van der Waals surface area (Å²) < 4.78 is 9.06. The number of fused-ring (bicyclic) bond motifs is 10. The van der Waals surface area contributed by atoms with Crippen molar-refractivity contribution in [1.29, 1.82) is 0 Å². The second-order valence-corrected chi connectivity index (χ2v) is 11.5. The SMILES string of the molecule is [c-]1c2cccc1Oc1[c-]c(ccc1)CN1[C]3=[Pt]=[C]4N(C2)c2ccccc2N4CN3c2ccccc21. The average Bonchev–Trinajstić information content (AvgIpc) is 3.36. The van der Waals surface area contributed by atoms with Crippen molar-refractivity contribution in [3.63, 3.8) is 0 Å². The van der Waals surface area contributed by atoms with Crippen molar-refractivity contribution < 1.29 is 22.4 Å². The summed E-state index contributed by atoms with van der Waals surface area (Å²) in [6.45, 7) is 2.36. The first-order valence-corrected chi connectivity index (χ1v) is 13.9. The van der Waals surface area contributed by atoms with Crippen LogP contribution in [0.25, 0.3) is 0 Å². The Bertz CT molecular complexity index is 1480. The van der Waals surface area contributed by atoms with Crippen LogP contribution < -0.4 is 24.3 Å². The molecule has 0 amide bonds. The third-order valence-electron chi connectivity index (χ3n) is 6.71. The number of hydrogen-bond donors (Lipinski definition) is 0. The Balaban J connectivity index is 1.40. The average molecular weight is 636 g/mol. The topological polar surface area (TPSA) is 22.2 Å². The Morgan fingerprint density at radius 3 is 1.49 bits per heavy atom. The molecule has 4 aliphatic rings. The molecule has 8 rings (SSSR count). The van der Waals surface area contributed by atoms with E-state index in [1.165, 1.54) is 31.0 Å². The fourth-order valence-electron chi connectivity index (χ4n) is 5.18. The number of para-hydroxylation sites is 4. The number of rotatable bonds is 0. The molecule has 0 radical (unpaired) electrons. The molecule has 4 aliphatic heterocycles. The van der Waals surface area contributed by atoms with Gasteiger partial charge < -0.3 is 0 Å². The molecule has 0 atom stereocenters. The summed E-state index contributed by atoms with van der Waals surface area (Å²) in [6, 6.07) is 36.9. The van der Waals surface area contributed by atoms with E-state index in [0.29, 0.717) is 0 Å². The van der Waals surface area contributed by atoms with Crippen LogP contribution in [0.15, 0.2) is 84.9 Å². The predicted octanol–water partition coefficient (Wildman–Crippen LogP) is 4.97. The molecule has 4 aromatic rings. The molecule has 6 bridgehead atoms. The number of anilines is 4. The molecule has 0 spiro atoms. The molecule has 0 aromatic heterocycles. The van der Waals surface area contributed by atoms with E-state index in [0.717, 1.165) is 42.4 Å². The first-order valence-electron chi connectivity index (χ1n) is 11.6. The number of hydrogen-bond acceptors (Lipinski definition) is 5. The molecule has 174 valence electrons. The Morgan fingerprint density at radius 2 is 1.00 bits per heavy atom. The van der Waals surface area contributed by atoms with Crippen LogP contribution >= 0.6 is 0 Å². The molecule has 4 heterocycles. The second-order valence-electron chi connectivity index (χ2n) is 8.89. The summed E-state index contributed by atoms with van der Waals surface area (Å²) in [4.78, 5) is 10.0. The maximum atomic E-state index is 6.22. The standard InChI is InChI=1S/C29H20N4O.Pt/c1-3-13-28-26(11-1)30-17-22-7-5-9-24(15-22)34-25-10-6-8-23(16-25)18-31-20-33(21-32(28)19-30)29-14-4-2-12-27(29)31;/h1-14H,17-18,21H2;/q-2;. The van der Waals surface area contributed by atoms with Crippen LogP contribution in [-0.2, 0) is 30.7 Å². The zero-order chi connectivity index (χ0) is 22.9. The summed E-state index contributed by atoms with van der Waals surface area (Å²) >= 11 is -0.475. The molecule has 0 fully saturated rings. The van der Waals surface area contributed by atoms with Crippen molar-refractivity contribution >= 4 is 31.0 Å². The van der Waals surface area contributed by atoms with Crippen LogP contribution in [0.3, 0.4) is 0 Å². The molecule has 0 unspecified atom stereocenters. The van der Waals surface area contributed by atoms with Gasteiger partial charge in [0.15, 0.2) is 0 Å².